The van der Waals surface area contributed by atoms with Gasteiger partial charge in [0.25, 0.3) is 0 Å². The van der Waals surface area contributed by atoms with E-state index in [0.29, 0.717) is 5.92 Å². The number of alkyl halides is 1. The fourth-order valence-corrected chi connectivity index (χ4v) is 2.63. The molecule has 0 aliphatic carbocycles. The summed E-state index contributed by atoms with van der Waals surface area (Å²) in [4.78, 5) is 0. The third-order valence-corrected chi connectivity index (χ3v) is 3.41. The lowest BCUT2D eigenvalue weighted by molar-refractivity contribution is -0.00102. The van der Waals surface area contributed by atoms with E-state index >= 15 is 0 Å². The van der Waals surface area contributed by atoms with E-state index in [0.717, 1.165) is 23.1 Å². The summed E-state index contributed by atoms with van der Waals surface area (Å²) in [6.07, 6.45) is 1.35. The highest BCUT2D eigenvalue weighted by Gasteiger charge is 2.18. The molecular weight excluding hydrogens is 292 g/mol. The monoisotopic (exact) mass is 314 g/mol. The fraction of sp³-hybridized carbons (Fsp3) is 0.600. The molecule has 0 saturated heterocycles. The second-order valence-corrected chi connectivity index (χ2v) is 5.61. The zero-order valence-corrected chi connectivity index (χ0v) is 13.2. The van der Waals surface area contributed by atoms with E-state index in [1.54, 1.807) is 7.11 Å². The highest BCUT2D eigenvalue weighted by molar-refractivity contribution is 9.09. The minimum Gasteiger partial charge on any atom is -0.496 e. The van der Waals surface area contributed by atoms with Gasteiger partial charge in [0.05, 0.1) is 19.3 Å². The molecule has 0 spiro atoms. The smallest absolute Gasteiger partial charge is 0.124 e. The van der Waals surface area contributed by atoms with Crippen LogP contribution >= 0.6 is 15.9 Å². The number of para-hydroxylation sites is 1. The van der Waals surface area contributed by atoms with Gasteiger partial charge in [0, 0.05) is 10.9 Å². The van der Waals surface area contributed by atoms with Crippen molar-refractivity contribution in [3.63, 3.8) is 0 Å². The molecule has 0 aromatic heterocycles. The maximum Gasteiger partial charge on any atom is 0.124 e. The molecule has 0 N–H and O–H groups in total. The second-order valence-electron chi connectivity index (χ2n) is 4.96. The maximum absolute atomic E-state index is 6.11. The quantitative estimate of drug-likeness (QED) is 0.686. The Labute approximate surface area is 119 Å². The molecule has 1 aromatic carbocycles. The molecule has 0 bridgehead atoms. The van der Waals surface area contributed by atoms with Crippen LogP contribution in [0.3, 0.4) is 0 Å². The molecule has 0 fully saturated rings. The van der Waals surface area contributed by atoms with E-state index in [-0.39, 0.29) is 12.2 Å². The predicted molar refractivity (Wildman–Crippen MR) is 79.5 cm³/mol. The molecule has 18 heavy (non-hydrogen) atoms. The molecule has 0 amide bonds. The van der Waals surface area contributed by atoms with Crippen molar-refractivity contribution >= 4 is 15.9 Å². The zero-order valence-electron chi connectivity index (χ0n) is 11.7. The molecule has 102 valence electrons. The van der Waals surface area contributed by atoms with Crippen molar-refractivity contribution in [1.82, 2.24) is 0 Å². The van der Waals surface area contributed by atoms with Crippen LogP contribution in [0.2, 0.25) is 0 Å². The summed E-state index contributed by atoms with van der Waals surface area (Å²) in [5.74, 6) is 1.53. The third kappa shape index (κ3) is 4.62. The molecule has 2 unspecified atom stereocenters. The van der Waals surface area contributed by atoms with Gasteiger partial charge in [-0.2, -0.15) is 0 Å². The first-order valence-corrected chi connectivity index (χ1v) is 7.55. The van der Waals surface area contributed by atoms with E-state index in [1.165, 1.54) is 0 Å². The summed E-state index contributed by atoms with van der Waals surface area (Å²) in [6.45, 7) is 6.56. The highest BCUT2D eigenvalue weighted by atomic mass is 79.9. The Morgan fingerprint density at radius 1 is 1.17 bits per heavy atom. The highest BCUT2D eigenvalue weighted by Crippen LogP contribution is 2.30. The number of hydrogen-bond acceptors (Lipinski definition) is 2. The first-order chi connectivity index (χ1) is 8.58. The van der Waals surface area contributed by atoms with Gasteiger partial charge in [0.1, 0.15) is 5.75 Å². The Morgan fingerprint density at radius 3 is 2.39 bits per heavy atom. The van der Waals surface area contributed by atoms with Crippen molar-refractivity contribution in [2.24, 2.45) is 5.92 Å². The van der Waals surface area contributed by atoms with Crippen LogP contribution in [-0.2, 0) is 4.74 Å². The van der Waals surface area contributed by atoms with Crippen molar-refractivity contribution in [3.05, 3.63) is 29.8 Å². The van der Waals surface area contributed by atoms with Crippen LogP contribution in [0.25, 0.3) is 0 Å². The summed E-state index contributed by atoms with van der Waals surface area (Å²) in [6, 6.07) is 8.03. The van der Waals surface area contributed by atoms with E-state index in [9.17, 15) is 0 Å². The van der Waals surface area contributed by atoms with Gasteiger partial charge in [-0.3, -0.25) is 0 Å². The molecule has 1 rings (SSSR count). The largest absolute Gasteiger partial charge is 0.496 e. The summed E-state index contributed by atoms with van der Waals surface area (Å²) >= 11 is 3.53. The summed E-state index contributed by atoms with van der Waals surface area (Å²) < 4.78 is 11.5. The van der Waals surface area contributed by atoms with Crippen molar-refractivity contribution in [3.8, 4) is 5.75 Å². The molecular formula is C15H23BrO2. The van der Waals surface area contributed by atoms with Crippen molar-refractivity contribution < 1.29 is 9.47 Å². The number of methoxy groups -OCH3 is 1. The van der Waals surface area contributed by atoms with Crippen LogP contribution < -0.4 is 4.74 Å². The SMILES string of the molecule is COc1ccccc1C(CBr)OC(C)CC(C)C. The van der Waals surface area contributed by atoms with Crippen LogP contribution in [0.5, 0.6) is 5.75 Å². The lowest BCUT2D eigenvalue weighted by atomic mass is 10.1. The Morgan fingerprint density at radius 2 is 1.83 bits per heavy atom. The molecule has 0 radical (unpaired) electrons. The van der Waals surface area contributed by atoms with E-state index < -0.39 is 0 Å². The van der Waals surface area contributed by atoms with Crippen molar-refractivity contribution in [2.75, 3.05) is 12.4 Å². The Bertz CT molecular complexity index is 352. The van der Waals surface area contributed by atoms with E-state index in [1.807, 2.05) is 18.2 Å². The summed E-state index contributed by atoms with van der Waals surface area (Å²) in [5, 5.41) is 0.774. The van der Waals surface area contributed by atoms with Crippen LogP contribution in [0.15, 0.2) is 24.3 Å². The molecule has 2 atom stereocenters. The average Bonchev–Trinajstić information content (AvgIpc) is 2.35. The van der Waals surface area contributed by atoms with Crippen molar-refractivity contribution in [1.29, 1.82) is 0 Å². The fourth-order valence-electron chi connectivity index (χ4n) is 2.13. The zero-order chi connectivity index (χ0) is 13.5. The number of benzene rings is 1. The molecule has 0 saturated carbocycles. The molecule has 2 nitrogen and oxygen atoms in total. The van der Waals surface area contributed by atoms with E-state index in [2.05, 4.69) is 42.8 Å². The normalized spacial score (nSPS) is 14.6. The number of rotatable bonds is 7. The molecule has 1 aromatic rings. The number of ether oxygens (including phenoxy) is 2. The van der Waals surface area contributed by atoms with Gasteiger partial charge < -0.3 is 9.47 Å². The Hall–Kier alpha value is -0.540. The summed E-state index contributed by atoms with van der Waals surface area (Å²) in [7, 11) is 1.70. The Kier molecular flexibility index (Phi) is 6.72. The van der Waals surface area contributed by atoms with Gasteiger partial charge in [0.2, 0.25) is 0 Å². The van der Waals surface area contributed by atoms with Gasteiger partial charge in [0.15, 0.2) is 0 Å². The second kappa shape index (κ2) is 7.80. The lowest BCUT2D eigenvalue weighted by Gasteiger charge is -2.23. The van der Waals surface area contributed by atoms with Gasteiger partial charge in [-0.15, -0.1) is 0 Å². The summed E-state index contributed by atoms with van der Waals surface area (Å²) in [5.41, 5.74) is 1.10. The van der Waals surface area contributed by atoms with Gasteiger partial charge in [-0.25, -0.2) is 0 Å². The first-order valence-electron chi connectivity index (χ1n) is 6.42. The topological polar surface area (TPSA) is 18.5 Å². The predicted octanol–water partition coefficient (Wildman–Crippen LogP) is 4.58. The molecule has 0 heterocycles. The molecule has 0 aliphatic heterocycles. The van der Waals surface area contributed by atoms with Gasteiger partial charge >= 0.3 is 0 Å². The maximum atomic E-state index is 6.11. The average molecular weight is 315 g/mol. The minimum atomic E-state index is 0.0369. The van der Waals surface area contributed by atoms with Crippen LogP contribution in [-0.4, -0.2) is 18.5 Å². The van der Waals surface area contributed by atoms with Gasteiger partial charge in [-0.05, 0) is 25.3 Å². The van der Waals surface area contributed by atoms with E-state index in [4.69, 9.17) is 9.47 Å². The molecule has 0 aliphatic rings. The third-order valence-electron chi connectivity index (χ3n) is 2.83. The van der Waals surface area contributed by atoms with Crippen LogP contribution in [0.1, 0.15) is 38.9 Å². The Balaban J connectivity index is 2.76. The lowest BCUT2D eigenvalue weighted by Crippen LogP contribution is -2.17. The molecule has 3 heteroatoms. The number of halogens is 1. The standard InChI is InChI=1S/C15H23BrO2/c1-11(2)9-12(3)18-15(10-16)13-7-5-6-8-14(13)17-4/h5-8,11-12,15H,9-10H2,1-4H3. The van der Waals surface area contributed by atoms with Crippen LogP contribution in [0, 0.1) is 5.92 Å². The number of hydrogen-bond donors (Lipinski definition) is 0. The first kappa shape index (κ1) is 15.5. The van der Waals surface area contributed by atoms with Crippen molar-refractivity contribution in [2.45, 2.75) is 39.4 Å². The minimum absolute atomic E-state index is 0.0369. The van der Waals surface area contributed by atoms with Crippen LogP contribution in [0.4, 0.5) is 0 Å². The van der Waals surface area contributed by atoms with Gasteiger partial charge in [-0.1, -0.05) is 48.0 Å².